The van der Waals surface area contributed by atoms with Crippen molar-refractivity contribution in [2.24, 2.45) is 0 Å². The summed E-state index contributed by atoms with van der Waals surface area (Å²) in [5.41, 5.74) is 0. The molecule has 1 saturated heterocycles. The number of ether oxygens (including phenoxy) is 1. The molecule has 0 aromatic carbocycles. The standard InChI is InChI=1S/C4H4O3.Ni/c5-3-1-2-4(6)7-3;/h1-2H2;. The van der Waals surface area contributed by atoms with Gasteiger partial charge in [0.25, 0.3) is 0 Å². The van der Waals surface area contributed by atoms with Gasteiger partial charge in [-0.2, -0.15) is 0 Å². The van der Waals surface area contributed by atoms with E-state index in [1.807, 2.05) is 0 Å². The Balaban J connectivity index is 0.000000490. The van der Waals surface area contributed by atoms with E-state index >= 15 is 0 Å². The van der Waals surface area contributed by atoms with E-state index in [4.69, 9.17) is 0 Å². The van der Waals surface area contributed by atoms with Gasteiger partial charge >= 0.3 is 11.9 Å². The first-order valence-electron chi connectivity index (χ1n) is 2.02. The van der Waals surface area contributed by atoms with Crippen molar-refractivity contribution in [3.8, 4) is 0 Å². The molecule has 0 amide bonds. The first-order chi connectivity index (χ1) is 3.29. The van der Waals surface area contributed by atoms with Gasteiger partial charge in [-0.05, 0) is 0 Å². The van der Waals surface area contributed by atoms with Crippen LogP contribution >= 0.6 is 0 Å². The number of rotatable bonds is 0. The number of cyclic esters (lactones) is 2. The molecule has 0 radical (unpaired) electrons. The molecule has 0 N–H and O–H groups in total. The summed E-state index contributed by atoms with van der Waals surface area (Å²) >= 11 is 0. The zero-order valence-electron chi connectivity index (χ0n) is 3.96. The maximum Gasteiger partial charge on any atom is 0.314 e. The minimum atomic E-state index is -0.398. The van der Waals surface area contributed by atoms with Crippen molar-refractivity contribution in [1.29, 1.82) is 0 Å². The summed E-state index contributed by atoms with van der Waals surface area (Å²) in [7, 11) is 0. The summed E-state index contributed by atoms with van der Waals surface area (Å²) in [6.45, 7) is 0. The predicted octanol–water partition coefficient (Wildman–Crippen LogP) is -0.152. The van der Waals surface area contributed by atoms with E-state index in [-0.39, 0.29) is 29.3 Å². The van der Waals surface area contributed by atoms with Crippen LogP contribution in [0.1, 0.15) is 12.8 Å². The van der Waals surface area contributed by atoms with Gasteiger partial charge in [-0.15, -0.1) is 0 Å². The molecule has 0 bridgehead atoms. The number of esters is 2. The van der Waals surface area contributed by atoms with Crippen molar-refractivity contribution in [3.05, 3.63) is 0 Å². The number of hydrogen-bond donors (Lipinski definition) is 0. The summed E-state index contributed by atoms with van der Waals surface area (Å²) in [4.78, 5) is 20.0. The van der Waals surface area contributed by atoms with E-state index in [9.17, 15) is 9.59 Å². The monoisotopic (exact) mass is 158 g/mol. The van der Waals surface area contributed by atoms with Crippen LogP contribution in [-0.2, 0) is 30.8 Å². The first kappa shape index (κ1) is 7.63. The zero-order valence-corrected chi connectivity index (χ0v) is 4.94. The van der Waals surface area contributed by atoms with Crippen molar-refractivity contribution in [3.63, 3.8) is 0 Å². The maximum atomic E-state index is 10.0. The van der Waals surface area contributed by atoms with Crippen LogP contribution in [0.3, 0.4) is 0 Å². The molecule has 1 fully saturated rings. The number of carbonyl (C=O) groups is 2. The van der Waals surface area contributed by atoms with Gasteiger partial charge in [0, 0.05) is 16.5 Å². The minimum Gasteiger partial charge on any atom is -0.393 e. The van der Waals surface area contributed by atoms with E-state index < -0.39 is 11.9 Å². The summed E-state index contributed by atoms with van der Waals surface area (Å²) in [6.07, 6.45) is 0.525. The van der Waals surface area contributed by atoms with Gasteiger partial charge < -0.3 is 4.74 Å². The Kier molecular flexibility index (Phi) is 2.70. The topological polar surface area (TPSA) is 43.4 Å². The third-order valence-corrected chi connectivity index (χ3v) is 0.761. The van der Waals surface area contributed by atoms with Crippen molar-refractivity contribution >= 4 is 11.9 Å². The average Bonchev–Trinajstić information content (AvgIpc) is 1.87. The van der Waals surface area contributed by atoms with Gasteiger partial charge in [0.15, 0.2) is 0 Å². The molecule has 4 heteroatoms. The molecule has 0 aromatic heterocycles. The van der Waals surface area contributed by atoms with E-state index in [1.165, 1.54) is 0 Å². The van der Waals surface area contributed by atoms with Crippen molar-refractivity contribution in [2.75, 3.05) is 0 Å². The van der Waals surface area contributed by atoms with Crippen LogP contribution in [0.25, 0.3) is 0 Å². The predicted molar refractivity (Wildman–Crippen MR) is 20.3 cm³/mol. The van der Waals surface area contributed by atoms with Crippen molar-refractivity contribution in [2.45, 2.75) is 12.8 Å². The molecule has 0 spiro atoms. The van der Waals surface area contributed by atoms with Gasteiger partial charge in [-0.25, -0.2) is 0 Å². The van der Waals surface area contributed by atoms with Gasteiger partial charge in [0.1, 0.15) is 0 Å². The van der Waals surface area contributed by atoms with E-state index in [0.29, 0.717) is 0 Å². The quantitative estimate of drug-likeness (QED) is 0.280. The van der Waals surface area contributed by atoms with Gasteiger partial charge in [0.2, 0.25) is 0 Å². The Morgan fingerprint density at radius 1 is 1.12 bits per heavy atom. The molecule has 0 aliphatic carbocycles. The van der Waals surface area contributed by atoms with Crippen molar-refractivity contribution < 1.29 is 30.8 Å². The van der Waals surface area contributed by atoms with Crippen LogP contribution in [0.2, 0.25) is 0 Å². The fourth-order valence-electron chi connectivity index (χ4n) is 0.433. The van der Waals surface area contributed by atoms with Gasteiger partial charge in [-0.1, -0.05) is 0 Å². The Hall–Kier alpha value is -0.366. The molecule has 48 valence electrons. The summed E-state index contributed by atoms with van der Waals surface area (Å²) in [5, 5.41) is 0. The molecule has 0 saturated carbocycles. The van der Waals surface area contributed by atoms with Crippen molar-refractivity contribution in [1.82, 2.24) is 0 Å². The molecule has 3 nitrogen and oxygen atoms in total. The van der Waals surface area contributed by atoms with E-state index in [2.05, 4.69) is 4.74 Å². The normalized spacial score (nSPS) is 17.5. The second-order valence-electron chi connectivity index (χ2n) is 1.35. The Labute approximate surface area is 56.3 Å². The summed E-state index contributed by atoms with van der Waals surface area (Å²) < 4.78 is 4.08. The third-order valence-electron chi connectivity index (χ3n) is 0.761. The largest absolute Gasteiger partial charge is 0.393 e. The maximum absolute atomic E-state index is 10.0. The minimum absolute atomic E-state index is 0. The van der Waals surface area contributed by atoms with E-state index in [0.717, 1.165) is 0 Å². The number of hydrogen-bond acceptors (Lipinski definition) is 3. The van der Waals surface area contributed by atoms with E-state index in [1.54, 1.807) is 0 Å². The van der Waals surface area contributed by atoms with Crippen LogP contribution in [0.15, 0.2) is 0 Å². The smallest absolute Gasteiger partial charge is 0.314 e. The molecule has 0 unspecified atom stereocenters. The fraction of sp³-hybridized carbons (Fsp3) is 0.500. The Bertz CT molecular complexity index is 106. The molecule has 1 aliphatic rings. The zero-order chi connectivity index (χ0) is 5.28. The molecular formula is C4H4NiO3. The average molecular weight is 159 g/mol. The van der Waals surface area contributed by atoms with Crippen LogP contribution in [-0.4, -0.2) is 11.9 Å². The summed E-state index contributed by atoms with van der Waals surface area (Å²) in [5.74, 6) is -0.796. The molecule has 0 atom stereocenters. The Morgan fingerprint density at radius 3 is 1.62 bits per heavy atom. The van der Waals surface area contributed by atoms with Crippen LogP contribution in [0.4, 0.5) is 0 Å². The molecule has 0 aromatic rings. The Morgan fingerprint density at radius 2 is 1.50 bits per heavy atom. The van der Waals surface area contributed by atoms with Gasteiger partial charge in [0.05, 0.1) is 12.8 Å². The van der Waals surface area contributed by atoms with Crippen LogP contribution < -0.4 is 0 Å². The second kappa shape index (κ2) is 2.82. The van der Waals surface area contributed by atoms with Gasteiger partial charge in [-0.3, -0.25) is 9.59 Å². The molecule has 1 heterocycles. The number of carbonyl (C=O) groups excluding carboxylic acids is 2. The molecule has 1 aliphatic heterocycles. The summed E-state index contributed by atoms with van der Waals surface area (Å²) in [6, 6.07) is 0. The van der Waals surface area contributed by atoms with Crippen LogP contribution in [0.5, 0.6) is 0 Å². The second-order valence-corrected chi connectivity index (χ2v) is 1.35. The SMILES string of the molecule is O=C1CCC(=O)O1.[Ni]. The third kappa shape index (κ3) is 1.62. The first-order valence-corrected chi connectivity index (χ1v) is 2.02. The molecular weight excluding hydrogens is 155 g/mol. The van der Waals surface area contributed by atoms with Crippen LogP contribution in [0, 0.1) is 0 Å². The molecule has 8 heavy (non-hydrogen) atoms. The molecule has 1 rings (SSSR count). The fourth-order valence-corrected chi connectivity index (χ4v) is 0.433.